The van der Waals surface area contributed by atoms with Crippen LogP contribution in [-0.4, -0.2) is 37.0 Å². The van der Waals surface area contributed by atoms with E-state index in [-0.39, 0.29) is 5.91 Å². The standard InChI is InChI=1S/C22H28N2O2/c1-2-16-26-22-19-7-4-3-6-17(19)9-10-20(22)18-11-14-24(15-12-18)13-5-8-21(23)25/h2-4,6-7,9-10,18H,1,5,8,11-16H2,(H2,23,25). The number of benzene rings is 2. The van der Waals surface area contributed by atoms with E-state index in [2.05, 4.69) is 47.9 Å². The van der Waals surface area contributed by atoms with Gasteiger partial charge in [-0.15, -0.1) is 0 Å². The average Bonchev–Trinajstić information content (AvgIpc) is 2.66. The molecule has 0 saturated carbocycles. The third-order valence-corrected chi connectivity index (χ3v) is 5.18. The van der Waals surface area contributed by atoms with E-state index in [1.54, 1.807) is 6.08 Å². The minimum Gasteiger partial charge on any atom is -0.489 e. The van der Waals surface area contributed by atoms with Crippen molar-refractivity contribution < 1.29 is 9.53 Å². The van der Waals surface area contributed by atoms with Gasteiger partial charge in [-0.3, -0.25) is 4.79 Å². The van der Waals surface area contributed by atoms with Gasteiger partial charge in [0.05, 0.1) is 0 Å². The second-order valence-corrected chi connectivity index (χ2v) is 6.99. The largest absolute Gasteiger partial charge is 0.489 e. The monoisotopic (exact) mass is 352 g/mol. The zero-order valence-electron chi connectivity index (χ0n) is 15.3. The van der Waals surface area contributed by atoms with Gasteiger partial charge in [0.2, 0.25) is 5.91 Å². The van der Waals surface area contributed by atoms with Gasteiger partial charge in [0.25, 0.3) is 0 Å². The maximum atomic E-state index is 10.9. The second-order valence-electron chi connectivity index (χ2n) is 6.99. The van der Waals surface area contributed by atoms with Crippen molar-refractivity contribution in [3.8, 4) is 5.75 Å². The van der Waals surface area contributed by atoms with Gasteiger partial charge in [-0.1, -0.05) is 49.1 Å². The highest BCUT2D eigenvalue weighted by molar-refractivity contribution is 5.89. The number of nitrogens with zero attached hydrogens (tertiary/aromatic N) is 1. The maximum absolute atomic E-state index is 10.9. The van der Waals surface area contributed by atoms with Gasteiger partial charge in [0, 0.05) is 11.8 Å². The van der Waals surface area contributed by atoms with Crippen LogP contribution >= 0.6 is 0 Å². The number of carbonyl (C=O) groups is 1. The maximum Gasteiger partial charge on any atom is 0.217 e. The Labute approximate surface area is 155 Å². The molecule has 0 bridgehead atoms. The number of fused-ring (bicyclic) bond motifs is 1. The molecule has 0 unspecified atom stereocenters. The summed E-state index contributed by atoms with van der Waals surface area (Å²) in [5, 5.41) is 2.38. The van der Waals surface area contributed by atoms with Crippen LogP contribution in [-0.2, 0) is 4.79 Å². The summed E-state index contributed by atoms with van der Waals surface area (Å²) in [5.41, 5.74) is 6.54. The molecule has 1 aliphatic heterocycles. The molecule has 138 valence electrons. The van der Waals surface area contributed by atoms with Crippen LogP contribution in [0, 0.1) is 0 Å². The molecular weight excluding hydrogens is 324 g/mol. The summed E-state index contributed by atoms with van der Waals surface area (Å²) in [7, 11) is 0. The first kappa shape index (κ1) is 18.5. The molecule has 4 nitrogen and oxygen atoms in total. The van der Waals surface area contributed by atoms with Crippen LogP contribution in [0.5, 0.6) is 5.75 Å². The fraction of sp³-hybridized carbons (Fsp3) is 0.409. The number of hydrogen-bond donors (Lipinski definition) is 1. The summed E-state index contributed by atoms with van der Waals surface area (Å²) in [5.74, 6) is 1.31. The number of piperidine rings is 1. The van der Waals surface area contributed by atoms with Crippen LogP contribution in [0.15, 0.2) is 49.1 Å². The molecule has 0 atom stereocenters. The fourth-order valence-corrected chi connectivity index (χ4v) is 3.83. The molecule has 2 N–H and O–H groups in total. The van der Waals surface area contributed by atoms with E-state index in [0.717, 1.165) is 44.6 Å². The van der Waals surface area contributed by atoms with Crippen LogP contribution in [0.1, 0.15) is 37.2 Å². The van der Waals surface area contributed by atoms with Gasteiger partial charge >= 0.3 is 0 Å². The molecule has 2 aromatic carbocycles. The summed E-state index contributed by atoms with van der Waals surface area (Å²) >= 11 is 0. The van der Waals surface area contributed by atoms with Gasteiger partial charge < -0.3 is 15.4 Å². The number of primary amides is 1. The molecule has 26 heavy (non-hydrogen) atoms. The Bertz CT molecular complexity index is 764. The number of rotatable bonds is 8. The van der Waals surface area contributed by atoms with Crippen molar-refractivity contribution in [1.82, 2.24) is 4.90 Å². The van der Waals surface area contributed by atoms with Crippen molar-refractivity contribution in [1.29, 1.82) is 0 Å². The van der Waals surface area contributed by atoms with Crippen molar-refractivity contribution in [2.75, 3.05) is 26.2 Å². The van der Waals surface area contributed by atoms with Crippen LogP contribution in [0.25, 0.3) is 10.8 Å². The van der Waals surface area contributed by atoms with Gasteiger partial charge in [0.15, 0.2) is 0 Å². The zero-order chi connectivity index (χ0) is 18.4. The van der Waals surface area contributed by atoms with Gasteiger partial charge in [-0.05, 0) is 55.8 Å². The predicted octanol–water partition coefficient (Wildman–Crippen LogP) is 3.85. The van der Waals surface area contributed by atoms with E-state index < -0.39 is 0 Å². The Morgan fingerprint density at radius 3 is 2.73 bits per heavy atom. The molecule has 1 saturated heterocycles. The normalized spacial score (nSPS) is 15.8. The first-order valence-electron chi connectivity index (χ1n) is 9.45. The Morgan fingerprint density at radius 1 is 1.23 bits per heavy atom. The van der Waals surface area contributed by atoms with Gasteiger partial charge in [0.1, 0.15) is 12.4 Å². The summed E-state index contributed by atoms with van der Waals surface area (Å²) < 4.78 is 6.09. The van der Waals surface area contributed by atoms with Crippen molar-refractivity contribution in [2.45, 2.75) is 31.6 Å². The number of amides is 1. The molecule has 1 amide bonds. The number of ether oxygens (including phenoxy) is 1. The zero-order valence-corrected chi connectivity index (χ0v) is 15.3. The molecule has 4 heteroatoms. The Morgan fingerprint density at radius 2 is 2.00 bits per heavy atom. The van der Waals surface area contributed by atoms with E-state index >= 15 is 0 Å². The third-order valence-electron chi connectivity index (χ3n) is 5.18. The third kappa shape index (κ3) is 4.44. The van der Waals surface area contributed by atoms with E-state index in [1.165, 1.54) is 16.3 Å². The first-order valence-corrected chi connectivity index (χ1v) is 9.45. The smallest absolute Gasteiger partial charge is 0.217 e. The summed E-state index contributed by atoms with van der Waals surface area (Å²) in [4.78, 5) is 13.3. The molecule has 0 radical (unpaired) electrons. The van der Waals surface area contributed by atoms with Crippen molar-refractivity contribution >= 4 is 16.7 Å². The van der Waals surface area contributed by atoms with Crippen molar-refractivity contribution in [3.05, 3.63) is 54.6 Å². The summed E-state index contributed by atoms with van der Waals surface area (Å²) in [6.07, 6.45) is 5.35. The SMILES string of the molecule is C=CCOc1c(C2CCN(CCCC(N)=O)CC2)ccc2ccccc12. The quantitative estimate of drug-likeness (QED) is 0.734. The summed E-state index contributed by atoms with van der Waals surface area (Å²) in [6, 6.07) is 12.8. The lowest BCUT2D eigenvalue weighted by atomic mass is 9.87. The summed E-state index contributed by atoms with van der Waals surface area (Å²) in [6.45, 7) is 7.36. The van der Waals surface area contributed by atoms with Gasteiger partial charge in [-0.2, -0.15) is 0 Å². The minimum atomic E-state index is -0.208. The average molecular weight is 352 g/mol. The predicted molar refractivity (Wildman–Crippen MR) is 106 cm³/mol. The highest BCUT2D eigenvalue weighted by Gasteiger charge is 2.24. The Kier molecular flexibility index (Phi) is 6.29. The van der Waals surface area contributed by atoms with Crippen LogP contribution < -0.4 is 10.5 Å². The lowest BCUT2D eigenvalue weighted by Crippen LogP contribution is -2.34. The molecular formula is C22H28N2O2. The van der Waals surface area contributed by atoms with Crippen molar-refractivity contribution in [2.24, 2.45) is 5.73 Å². The van der Waals surface area contributed by atoms with E-state index in [1.807, 2.05) is 0 Å². The molecule has 0 aromatic heterocycles. The fourth-order valence-electron chi connectivity index (χ4n) is 3.83. The lowest BCUT2D eigenvalue weighted by molar-refractivity contribution is -0.118. The molecule has 0 spiro atoms. The van der Waals surface area contributed by atoms with E-state index in [0.29, 0.717) is 18.9 Å². The Hall–Kier alpha value is -2.33. The van der Waals surface area contributed by atoms with Crippen molar-refractivity contribution in [3.63, 3.8) is 0 Å². The van der Waals surface area contributed by atoms with Gasteiger partial charge in [-0.25, -0.2) is 0 Å². The molecule has 1 fully saturated rings. The first-order chi connectivity index (χ1) is 12.7. The number of likely N-dealkylation sites (tertiary alicyclic amines) is 1. The number of nitrogens with two attached hydrogens (primary N) is 1. The molecule has 3 rings (SSSR count). The molecule has 1 heterocycles. The number of hydrogen-bond acceptors (Lipinski definition) is 3. The lowest BCUT2D eigenvalue weighted by Gasteiger charge is -2.33. The topological polar surface area (TPSA) is 55.6 Å². The highest BCUT2D eigenvalue weighted by atomic mass is 16.5. The second kappa shape index (κ2) is 8.86. The van der Waals surface area contributed by atoms with E-state index in [9.17, 15) is 4.79 Å². The molecule has 1 aliphatic rings. The van der Waals surface area contributed by atoms with Crippen LogP contribution in [0.3, 0.4) is 0 Å². The Balaban J connectivity index is 1.72. The van der Waals surface area contributed by atoms with Crippen LogP contribution in [0.2, 0.25) is 0 Å². The van der Waals surface area contributed by atoms with Crippen LogP contribution in [0.4, 0.5) is 0 Å². The highest BCUT2D eigenvalue weighted by Crippen LogP contribution is 2.39. The number of carbonyl (C=O) groups excluding carboxylic acids is 1. The van der Waals surface area contributed by atoms with E-state index in [4.69, 9.17) is 10.5 Å². The molecule has 2 aromatic rings. The molecule has 0 aliphatic carbocycles. The minimum absolute atomic E-state index is 0.208.